The lowest BCUT2D eigenvalue weighted by molar-refractivity contribution is -0.139. The lowest BCUT2D eigenvalue weighted by Crippen LogP contribution is -2.43. The minimum atomic E-state index is -0.974. The number of nitrogens with zero attached hydrogens (tertiary/aromatic N) is 5. The minimum Gasteiger partial charge on any atom is -0.469 e. The van der Waals surface area contributed by atoms with Crippen molar-refractivity contribution in [3.05, 3.63) is 136 Å². The summed E-state index contributed by atoms with van der Waals surface area (Å²) in [6.45, 7) is 0.200. The summed E-state index contributed by atoms with van der Waals surface area (Å²) in [5.74, 6) is -2.31. The number of ether oxygens (including phenoxy) is 1. The van der Waals surface area contributed by atoms with Gasteiger partial charge in [-0.1, -0.05) is 66.2 Å². The number of esters is 1. The van der Waals surface area contributed by atoms with Crippen molar-refractivity contribution in [2.24, 2.45) is 0 Å². The van der Waals surface area contributed by atoms with Crippen molar-refractivity contribution in [2.75, 3.05) is 13.7 Å². The van der Waals surface area contributed by atoms with Gasteiger partial charge < -0.3 is 9.64 Å². The van der Waals surface area contributed by atoms with Crippen LogP contribution in [-0.4, -0.2) is 56.4 Å². The molecule has 48 heavy (non-hydrogen) atoms. The highest BCUT2D eigenvalue weighted by atomic mass is 35.5. The fourth-order valence-corrected chi connectivity index (χ4v) is 6.07. The van der Waals surface area contributed by atoms with Crippen LogP contribution in [0.25, 0.3) is 22.9 Å². The van der Waals surface area contributed by atoms with Crippen LogP contribution >= 0.6 is 11.6 Å². The van der Waals surface area contributed by atoms with E-state index in [2.05, 4.69) is 15.5 Å². The molecule has 0 N–H and O–H groups in total. The first-order valence-corrected chi connectivity index (χ1v) is 15.4. The van der Waals surface area contributed by atoms with Crippen molar-refractivity contribution >= 4 is 35.3 Å². The minimum absolute atomic E-state index is 0.00678. The number of carbonyl (C=O) groups excluding carboxylic acids is 3. The van der Waals surface area contributed by atoms with Crippen molar-refractivity contribution in [3.63, 3.8) is 0 Å². The Morgan fingerprint density at radius 3 is 2.40 bits per heavy atom. The number of benzene rings is 4. The zero-order chi connectivity index (χ0) is 33.8. The second kappa shape index (κ2) is 14.1. The number of methoxy groups -OCH3 is 1. The molecule has 1 aromatic heterocycles. The van der Waals surface area contributed by atoms with Crippen LogP contribution in [0.4, 0.5) is 8.78 Å². The van der Waals surface area contributed by atoms with Gasteiger partial charge in [0.15, 0.2) is 11.6 Å². The molecular formula is C36H28ClF2N5O4. The summed E-state index contributed by atoms with van der Waals surface area (Å²) in [4.78, 5) is 41.2. The van der Waals surface area contributed by atoms with E-state index in [1.54, 1.807) is 0 Å². The van der Waals surface area contributed by atoms with Crippen LogP contribution < -0.4 is 0 Å². The fourth-order valence-electron chi connectivity index (χ4n) is 5.90. The summed E-state index contributed by atoms with van der Waals surface area (Å²) < 4.78 is 34.9. The van der Waals surface area contributed by atoms with Gasteiger partial charge in [-0.2, -0.15) is 4.68 Å². The van der Waals surface area contributed by atoms with Gasteiger partial charge in [0.25, 0.3) is 0 Å². The van der Waals surface area contributed by atoms with Crippen LogP contribution in [0.2, 0.25) is 5.02 Å². The molecule has 0 fully saturated rings. The zero-order valence-electron chi connectivity index (χ0n) is 25.6. The number of tetrazole rings is 1. The molecule has 1 aliphatic heterocycles. The molecule has 0 bridgehead atoms. The van der Waals surface area contributed by atoms with E-state index in [9.17, 15) is 18.8 Å². The number of fused-ring (bicyclic) bond motifs is 1. The van der Waals surface area contributed by atoms with E-state index in [0.29, 0.717) is 17.5 Å². The molecule has 1 amide bonds. The zero-order valence-corrected chi connectivity index (χ0v) is 26.4. The molecule has 1 atom stereocenters. The Morgan fingerprint density at radius 2 is 1.69 bits per heavy atom. The topological polar surface area (TPSA) is 107 Å². The first kappa shape index (κ1) is 32.4. The molecular weight excluding hydrogens is 640 g/mol. The van der Waals surface area contributed by atoms with Crippen molar-refractivity contribution in [1.82, 2.24) is 25.1 Å². The van der Waals surface area contributed by atoms with E-state index in [-0.39, 0.29) is 47.4 Å². The maximum atomic E-state index is 15.2. The van der Waals surface area contributed by atoms with Crippen LogP contribution in [0.15, 0.2) is 91.3 Å². The van der Waals surface area contributed by atoms with Gasteiger partial charge in [-0.25, -0.2) is 8.78 Å². The first-order valence-electron chi connectivity index (χ1n) is 15.0. The number of amides is 1. The third-order valence-electron chi connectivity index (χ3n) is 8.24. The molecule has 4 aromatic carbocycles. The monoisotopic (exact) mass is 667 g/mol. The maximum absolute atomic E-state index is 15.2. The van der Waals surface area contributed by atoms with Crippen molar-refractivity contribution in [3.8, 4) is 16.8 Å². The molecule has 0 radical (unpaired) electrons. The second-order valence-corrected chi connectivity index (χ2v) is 11.6. The highest BCUT2D eigenvalue weighted by Crippen LogP contribution is 2.38. The van der Waals surface area contributed by atoms with Gasteiger partial charge in [-0.3, -0.25) is 14.4 Å². The predicted molar refractivity (Wildman–Crippen MR) is 174 cm³/mol. The third-order valence-corrected chi connectivity index (χ3v) is 8.53. The van der Waals surface area contributed by atoms with Crippen LogP contribution in [0.3, 0.4) is 0 Å². The van der Waals surface area contributed by atoms with Gasteiger partial charge >= 0.3 is 5.97 Å². The van der Waals surface area contributed by atoms with E-state index < -0.39 is 23.6 Å². The molecule has 0 spiro atoms. The van der Waals surface area contributed by atoms with Gasteiger partial charge in [0, 0.05) is 24.6 Å². The number of halogens is 3. The molecule has 0 saturated heterocycles. The Labute approximate surface area is 279 Å². The smallest absolute Gasteiger partial charge is 0.309 e. The van der Waals surface area contributed by atoms with Gasteiger partial charge in [-0.15, -0.1) is 5.10 Å². The Balaban J connectivity index is 1.36. The molecule has 6 rings (SSSR count). The van der Waals surface area contributed by atoms with E-state index in [1.165, 1.54) is 71.6 Å². The molecule has 12 heteroatoms. The summed E-state index contributed by atoms with van der Waals surface area (Å²) in [5, 5.41) is 10.9. The number of hydrogen-bond donors (Lipinski definition) is 0. The van der Waals surface area contributed by atoms with Gasteiger partial charge in [0.1, 0.15) is 18.2 Å². The van der Waals surface area contributed by atoms with Crippen molar-refractivity contribution in [1.29, 1.82) is 0 Å². The van der Waals surface area contributed by atoms with Crippen LogP contribution in [0.1, 0.15) is 33.9 Å². The lowest BCUT2D eigenvalue weighted by Gasteiger charge is -2.37. The second-order valence-electron chi connectivity index (χ2n) is 11.2. The SMILES string of the molecule is COC(=O)Cc1ccc(-c2cccc3c2CCN(C(=O)/C=C/c2c(-n4cnnn4)ccc(Cl)c2F)[C@@H]3C(=O)Cc2ccc(F)cc2)cc1. The van der Waals surface area contributed by atoms with Crippen LogP contribution in [0.5, 0.6) is 0 Å². The largest absolute Gasteiger partial charge is 0.469 e. The third kappa shape index (κ3) is 6.77. The summed E-state index contributed by atoms with van der Waals surface area (Å²) in [5.41, 5.74) is 5.00. The maximum Gasteiger partial charge on any atom is 0.309 e. The number of carbonyl (C=O) groups is 3. The highest BCUT2D eigenvalue weighted by Gasteiger charge is 2.36. The highest BCUT2D eigenvalue weighted by molar-refractivity contribution is 6.31. The van der Waals surface area contributed by atoms with Crippen LogP contribution in [-0.2, 0) is 38.4 Å². The average Bonchev–Trinajstić information content (AvgIpc) is 3.64. The van der Waals surface area contributed by atoms with E-state index in [4.69, 9.17) is 16.3 Å². The van der Waals surface area contributed by atoms with Gasteiger partial charge in [0.2, 0.25) is 5.91 Å². The molecule has 9 nitrogen and oxygen atoms in total. The summed E-state index contributed by atoms with van der Waals surface area (Å²) in [6.07, 6.45) is 4.33. The standard InChI is InChI=1S/C36H28ClF2N5O4/c1-48-34(47)20-23-5-9-24(10-6-23)26-3-2-4-28-27(26)17-18-43(36(28)32(45)19-22-7-11-25(38)12-8-22)33(46)16-13-29-31(44-21-40-41-42-44)15-14-30(37)35(29)39/h2-16,21,36H,17-20H2,1H3/b16-13+/t36-/m0/s1. The number of Topliss-reactive ketones (excluding diaryl/α,β-unsaturated/α-hetero) is 1. The molecule has 0 aliphatic carbocycles. The quantitative estimate of drug-likeness (QED) is 0.142. The van der Waals surface area contributed by atoms with E-state index in [0.717, 1.165) is 22.3 Å². The number of aromatic nitrogens is 4. The molecule has 242 valence electrons. The number of rotatable bonds is 9. The summed E-state index contributed by atoms with van der Waals surface area (Å²) >= 11 is 6.07. The molecule has 0 unspecified atom stereocenters. The Kier molecular flexibility index (Phi) is 9.49. The van der Waals surface area contributed by atoms with E-state index >= 15 is 4.39 Å². The average molecular weight is 668 g/mol. The van der Waals surface area contributed by atoms with E-state index in [1.807, 2.05) is 42.5 Å². The molecule has 2 heterocycles. The lowest BCUT2D eigenvalue weighted by atomic mass is 9.83. The Morgan fingerprint density at radius 1 is 0.958 bits per heavy atom. The van der Waals surface area contributed by atoms with Crippen molar-refractivity contribution in [2.45, 2.75) is 25.3 Å². The summed E-state index contributed by atoms with van der Waals surface area (Å²) in [7, 11) is 1.34. The Bertz CT molecular complexity index is 2020. The van der Waals surface area contributed by atoms with Crippen molar-refractivity contribution < 1.29 is 27.9 Å². The number of hydrogen-bond acceptors (Lipinski definition) is 7. The molecule has 0 saturated carbocycles. The molecule has 5 aromatic rings. The summed E-state index contributed by atoms with van der Waals surface area (Å²) in [6, 6.07) is 20.7. The normalized spacial score (nSPS) is 14.2. The van der Waals surface area contributed by atoms with Gasteiger partial charge in [-0.05, 0) is 80.6 Å². The number of ketones is 1. The van der Waals surface area contributed by atoms with Gasteiger partial charge in [0.05, 0.1) is 24.2 Å². The van der Waals surface area contributed by atoms with Crippen LogP contribution in [0, 0.1) is 11.6 Å². The predicted octanol–water partition coefficient (Wildman–Crippen LogP) is 5.93. The fraction of sp³-hybridized carbons (Fsp3) is 0.167. The molecule has 1 aliphatic rings. The first-order chi connectivity index (χ1) is 23.2. The Hall–Kier alpha value is -5.55.